The lowest BCUT2D eigenvalue weighted by molar-refractivity contribution is 0.217. The highest BCUT2D eigenvalue weighted by molar-refractivity contribution is 6.35. The molecule has 0 atom stereocenters. The molecule has 0 unspecified atom stereocenters. The number of hydrogen-bond acceptors (Lipinski definition) is 3. The van der Waals surface area contributed by atoms with Gasteiger partial charge < -0.3 is 15.2 Å². The van der Waals surface area contributed by atoms with Gasteiger partial charge in [-0.2, -0.15) is 0 Å². The van der Waals surface area contributed by atoms with Crippen molar-refractivity contribution in [2.24, 2.45) is 0 Å². The van der Waals surface area contributed by atoms with E-state index < -0.39 is 0 Å². The van der Waals surface area contributed by atoms with E-state index in [0.717, 1.165) is 17.0 Å². The Bertz CT molecular complexity index is 602. The summed E-state index contributed by atoms with van der Waals surface area (Å²) in [4.78, 5) is 0. The number of ether oxygens (including phenoxy) is 2. The highest BCUT2D eigenvalue weighted by Gasteiger charge is 2.03. The van der Waals surface area contributed by atoms with Crippen molar-refractivity contribution in [2.45, 2.75) is 6.92 Å². The van der Waals surface area contributed by atoms with Crippen LogP contribution in [0.5, 0.6) is 11.5 Å². The van der Waals surface area contributed by atoms with E-state index in [1.165, 1.54) is 0 Å². The van der Waals surface area contributed by atoms with Crippen LogP contribution in [0.2, 0.25) is 10.0 Å². The molecule has 20 heavy (non-hydrogen) atoms. The molecule has 0 radical (unpaired) electrons. The Labute approximate surface area is 128 Å². The smallest absolute Gasteiger partial charge is 0.138 e. The molecule has 3 nitrogen and oxygen atoms in total. The average Bonchev–Trinajstić information content (AvgIpc) is 2.40. The van der Waals surface area contributed by atoms with E-state index in [1.807, 2.05) is 25.1 Å². The van der Waals surface area contributed by atoms with Crippen LogP contribution in [0, 0.1) is 6.92 Å². The van der Waals surface area contributed by atoms with Crippen molar-refractivity contribution in [1.29, 1.82) is 0 Å². The van der Waals surface area contributed by atoms with Gasteiger partial charge in [-0.1, -0.05) is 23.2 Å². The molecule has 0 bridgehead atoms. The molecular weight excluding hydrogens is 297 g/mol. The van der Waals surface area contributed by atoms with Crippen molar-refractivity contribution < 1.29 is 9.47 Å². The summed E-state index contributed by atoms with van der Waals surface area (Å²) in [5.41, 5.74) is 7.48. The molecular formula is C15H15Cl2NO2. The maximum absolute atomic E-state index is 6.00. The van der Waals surface area contributed by atoms with Crippen molar-refractivity contribution in [3.8, 4) is 11.5 Å². The molecule has 2 N–H and O–H groups in total. The Morgan fingerprint density at radius 1 is 1.00 bits per heavy atom. The Kier molecular flexibility index (Phi) is 4.99. The SMILES string of the molecule is Cc1cc(OCCOc2ccc(Cl)cc2Cl)ccc1N. The lowest BCUT2D eigenvalue weighted by atomic mass is 10.2. The zero-order chi connectivity index (χ0) is 14.5. The van der Waals surface area contributed by atoms with E-state index in [2.05, 4.69) is 0 Å². The number of benzene rings is 2. The zero-order valence-corrected chi connectivity index (χ0v) is 12.5. The third-order valence-electron chi connectivity index (χ3n) is 2.74. The molecule has 2 aromatic rings. The fraction of sp³-hybridized carbons (Fsp3) is 0.200. The minimum atomic E-state index is 0.394. The molecule has 5 heteroatoms. The van der Waals surface area contributed by atoms with Crippen LogP contribution in [0.25, 0.3) is 0 Å². The van der Waals surface area contributed by atoms with Crippen LogP contribution in [0.1, 0.15) is 5.56 Å². The molecule has 0 aliphatic rings. The summed E-state index contributed by atoms with van der Waals surface area (Å²) >= 11 is 11.8. The summed E-state index contributed by atoms with van der Waals surface area (Å²) in [5.74, 6) is 1.36. The van der Waals surface area contributed by atoms with Gasteiger partial charge in [-0.3, -0.25) is 0 Å². The van der Waals surface area contributed by atoms with E-state index in [9.17, 15) is 0 Å². The van der Waals surface area contributed by atoms with Crippen molar-refractivity contribution in [3.05, 3.63) is 52.0 Å². The van der Waals surface area contributed by atoms with E-state index in [4.69, 9.17) is 38.4 Å². The first-order valence-electron chi connectivity index (χ1n) is 6.13. The van der Waals surface area contributed by atoms with E-state index in [-0.39, 0.29) is 0 Å². The van der Waals surface area contributed by atoms with Crippen molar-refractivity contribution in [2.75, 3.05) is 18.9 Å². The standard InChI is InChI=1S/C15H15Cl2NO2/c1-10-8-12(3-4-14(10)18)19-6-7-20-15-5-2-11(16)9-13(15)17/h2-5,8-9H,6-7,18H2,1H3. The molecule has 0 aliphatic heterocycles. The third-order valence-corrected chi connectivity index (χ3v) is 3.28. The number of halogens is 2. The van der Waals surface area contributed by atoms with Crippen LogP contribution in [-0.2, 0) is 0 Å². The monoisotopic (exact) mass is 311 g/mol. The van der Waals surface area contributed by atoms with Crippen LogP contribution >= 0.6 is 23.2 Å². The Morgan fingerprint density at radius 3 is 2.45 bits per heavy atom. The van der Waals surface area contributed by atoms with Crippen LogP contribution < -0.4 is 15.2 Å². The Morgan fingerprint density at radius 2 is 1.75 bits per heavy atom. The molecule has 0 fully saturated rings. The second-order valence-corrected chi connectivity index (χ2v) is 5.13. The third kappa shape index (κ3) is 3.95. The molecule has 0 aromatic heterocycles. The maximum Gasteiger partial charge on any atom is 0.138 e. The summed E-state index contributed by atoms with van der Waals surface area (Å²) in [6.45, 7) is 2.75. The van der Waals surface area contributed by atoms with Crippen molar-refractivity contribution in [1.82, 2.24) is 0 Å². The number of nitrogens with two attached hydrogens (primary N) is 1. The van der Waals surface area contributed by atoms with Crippen LogP contribution in [0.15, 0.2) is 36.4 Å². The van der Waals surface area contributed by atoms with Crippen LogP contribution in [0.3, 0.4) is 0 Å². The van der Waals surface area contributed by atoms with Gasteiger partial charge in [0.25, 0.3) is 0 Å². The number of hydrogen-bond donors (Lipinski definition) is 1. The Hall–Kier alpha value is -1.58. The van der Waals surface area contributed by atoms with Gasteiger partial charge in [0.2, 0.25) is 0 Å². The van der Waals surface area contributed by atoms with Gasteiger partial charge in [0.1, 0.15) is 24.7 Å². The predicted molar refractivity (Wildman–Crippen MR) is 83.0 cm³/mol. The lowest BCUT2D eigenvalue weighted by Crippen LogP contribution is -2.09. The highest BCUT2D eigenvalue weighted by Crippen LogP contribution is 2.27. The summed E-state index contributed by atoms with van der Waals surface area (Å²) in [6, 6.07) is 10.7. The van der Waals surface area contributed by atoms with E-state index in [0.29, 0.717) is 29.0 Å². The van der Waals surface area contributed by atoms with Gasteiger partial charge in [0, 0.05) is 10.7 Å². The molecule has 0 spiro atoms. The van der Waals surface area contributed by atoms with E-state index >= 15 is 0 Å². The van der Waals surface area contributed by atoms with Gasteiger partial charge in [0.05, 0.1) is 5.02 Å². The molecule has 2 aromatic carbocycles. The molecule has 0 saturated heterocycles. The summed E-state index contributed by atoms with van der Waals surface area (Å²) < 4.78 is 11.1. The predicted octanol–water partition coefficient (Wildman–Crippen LogP) is 4.34. The topological polar surface area (TPSA) is 44.5 Å². The average molecular weight is 312 g/mol. The van der Waals surface area contributed by atoms with Crippen molar-refractivity contribution in [3.63, 3.8) is 0 Å². The highest BCUT2D eigenvalue weighted by atomic mass is 35.5. The summed E-state index contributed by atoms with van der Waals surface area (Å²) in [5, 5.41) is 1.07. The second-order valence-electron chi connectivity index (χ2n) is 4.29. The Balaban J connectivity index is 1.82. The number of aryl methyl sites for hydroxylation is 1. The molecule has 0 amide bonds. The molecule has 0 heterocycles. The quantitative estimate of drug-likeness (QED) is 0.660. The summed E-state index contributed by atoms with van der Waals surface area (Å²) in [7, 11) is 0. The molecule has 0 aliphatic carbocycles. The van der Waals surface area contributed by atoms with Crippen molar-refractivity contribution >= 4 is 28.9 Å². The van der Waals surface area contributed by atoms with Gasteiger partial charge in [-0.15, -0.1) is 0 Å². The number of rotatable bonds is 5. The van der Waals surface area contributed by atoms with Gasteiger partial charge in [-0.25, -0.2) is 0 Å². The van der Waals surface area contributed by atoms with Gasteiger partial charge in [-0.05, 0) is 48.9 Å². The van der Waals surface area contributed by atoms with Crippen LogP contribution in [-0.4, -0.2) is 13.2 Å². The number of nitrogen functional groups attached to an aromatic ring is 1. The largest absolute Gasteiger partial charge is 0.490 e. The fourth-order valence-corrected chi connectivity index (χ4v) is 2.10. The van der Waals surface area contributed by atoms with Gasteiger partial charge >= 0.3 is 0 Å². The minimum absolute atomic E-state index is 0.394. The molecule has 0 saturated carbocycles. The molecule has 2 rings (SSSR count). The second kappa shape index (κ2) is 6.73. The first-order chi connectivity index (χ1) is 9.56. The van der Waals surface area contributed by atoms with Gasteiger partial charge in [0.15, 0.2) is 0 Å². The zero-order valence-electron chi connectivity index (χ0n) is 11.0. The first-order valence-corrected chi connectivity index (χ1v) is 6.88. The minimum Gasteiger partial charge on any atom is -0.490 e. The fourth-order valence-electron chi connectivity index (χ4n) is 1.64. The van der Waals surface area contributed by atoms with E-state index in [1.54, 1.807) is 18.2 Å². The van der Waals surface area contributed by atoms with Crippen LogP contribution in [0.4, 0.5) is 5.69 Å². The lowest BCUT2D eigenvalue weighted by Gasteiger charge is -2.10. The number of anilines is 1. The normalized spacial score (nSPS) is 10.3. The summed E-state index contributed by atoms with van der Waals surface area (Å²) in [6.07, 6.45) is 0. The maximum atomic E-state index is 6.00. The first kappa shape index (κ1) is 14.8. The molecule has 106 valence electrons.